The molecule has 0 radical (unpaired) electrons. The Labute approximate surface area is 162 Å². The van der Waals surface area contributed by atoms with Crippen molar-refractivity contribution < 1.29 is 29.4 Å². The molecule has 2 aromatic rings. The SMILES string of the molecule is CN(C(=O)/C(C#N)=C(\O)c1cc(O)c(O)c([N+](=O)[O-])c1)c1cc(F)ccc1C#N. The predicted molar refractivity (Wildman–Crippen MR) is 96.1 cm³/mol. The van der Waals surface area contributed by atoms with Crippen molar-refractivity contribution in [1.29, 1.82) is 10.5 Å². The number of likely N-dealkylation sites (N-methyl/N-ethyl adjacent to an activating group) is 1. The molecule has 0 heterocycles. The number of hydrogen-bond donors (Lipinski definition) is 3. The van der Waals surface area contributed by atoms with Gasteiger partial charge in [0.25, 0.3) is 5.91 Å². The van der Waals surface area contributed by atoms with E-state index in [0.29, 0.717) is 12.1 Å². The number of hydrogen-bond acceptors (Lipinski definition) is 8. The lowest BCUT2D eigenvalue weighted by molar-refractivity contribution is -0.386. The van der Waals surface area contributed by atoms with Gasteiger partial charge in [-0.25, -0.2) is 4.39 Å². The van der Waals surface area contributed by atoms with E-state index in [1.165, 1.54) is 6.07 Å². The van der Waals surface area contributed by atoms with E-state index < -0.39 is 50.7 Å². The molecule has 2 rings (SSSR count). The zero-order chi connectivity index (χ0) is 21.9. The number of benzene rings is 2. The van der Waals surface area contributed by atoms with Gasteiger partial charge >= 0.3 is 5.69 Å². The van der Waals surface area contributed by atoms with Gasteiger partial charge in [-0.3, -0.25) is 14.9 Å². The van der Waals surface area contributed by atoms with Crippen LogP contribution in [0.2, 0.25) is 0 Å². The van der Waals surface area contributed by atoms with Gasteiger partial charge in [-0.05, 0) is 24.3 Å². The highest BCUT2D eigenvalue weighted by molar-refractivity contribution is 6.12. The summed E-state index contributed by atoms with van der Waals surface area (Å²) in [5, 5.41) is 58.8. The van der Waals surface area contributed by atoms with Crippen molar-refractivity contribution in [3.05, 3.63) is 63.0 Å². The number of anilines is 1. The molecule has 3 N–H and O–H groups in total. The summed E-state index contributed by atoms with van der Waals surface area (Å²) in [6.07, 6.45) is 0. The first-order valence-electron chi connectivity index (χ1n) is 7.64. The maximum absolute atomic E-state index is 13.5. The Morgan fingerprint density at radius 2 is 1.90 bits per heavy atom. The Morgan fingerprint density at radius 1 is 1.24 bits per heavy atom. The highest BCUT2D eigenvalue weighted by Crippen LogP contribution is 2.38. The molecule has 0 aliphatic carbocycles. The van der Waals surface area contributed by atoms with Crippen LogP contribution >= 0.6 is 0 Å². The Balaban J connectivity index is 2.61. The molecule has 0 atom stereocenters. The van der Waals surface area contributed by atoms with E-state index in [2.05, 4.69) is 0 Å². The van der Waals surface area contributed by atoms with Crippen LogP contribution in [0.5, 0.6) is 11.5 Å². The zero-order valence-corrected chi connectivity index (χ0v) is 14.6. The van der Waals surface area contributed by atoms with E-state index in [4.69, 9.17) is 5.26 Å². The van der Waals surface area contributed by atoms with Gasteiger partial charge in [-0.15, -0.1) is 0 Å². The van der Waals surface area contributed by atoms with E-state index >= 15 is 0 Å². The van der Waals surface area contributed by atoms with Crippen LogP contribution < -0.4 is 4.90 Å². The number of phenols is 2. The van der Waals surface area contributed by atoms with Gasteiger partial charge in [-0.2, -0.15) is 10.5 Å². The molecular weight excluding hydrogens is 387 g/mol. The number of carbonyl (C=O) groups is 1. The summed E-state index contributed by atoms with van der Waals surface area (Å²) >= 11 is 0. The zero-order valence-electron chi connectivity index (χ0n) is 14.6. The van der Waals surface area contributed by atoms with Crippen LogP contribution in [0.25, 0.3) is 5.76 Å². The van der Waals surface area contributed by atoms with Gasteiger partial charge in [0.2, 0.25) is 5.75 Å². The number of halogens is 1. The van der Waals surface area contributed by atoms with Crippen LogP contribution in [-0.2, 0) is 4.79 Å². The van der Waals surface area contributed by atoms with Crippen molar-refractivity contribution in [2.75, 3.05) is 11.9 Å². The number of nitrogens with zero attached hydrogens (tertiary/aromatic N) is 4. The maximum Gasteiger partial charge on any atom is 0.315 e. The molecule has 10 nitrogen and oxygen atoms in total. The van der Waals surface area contributed by atoms with E-state index in [-0.39, 0.29) is 11.3 Å². The van der Waals surface area contributed by atoms with Gasteiger partial charge in [0.05, 0.1) is 16.2 Å². The highest BCUT2D eigenvalue weighted by Gasteiger charge is 2.26. The number of nitro groups is 1. The number of nitro benzene ring substituents is 1. The average Bonchev–Trinajstić information content (AvgIpc) is 2.69. The van der Waals surface area contributed by atoms with E-state index in [1.54, 1.807) is 6.07 Å². The molecular formula is C18H11FN4O6. The molecule has 11 heteroatoms. The number of nitriles is 2. The Morgan fingerprint density at radius 3 is 2.45 bits per heavy atom. The molecule has 29 heavy (non-hydrogen) atoms. The molecule has 0 aliphatic heterocycles. The molecule has 0 unspecified atom stereocenters. The third kappa shape index (κ3) is 3.89. The van der Waals surface area contributed by atoms with Crippen LogP contribution in [0.1, 0.15) is 11.1 Å². The lowest BCUT2D eigenvalue weighted by Gasteiger charge is -2.18. The van der Waals surface area contributed by atoms with Crippen LogP contribution in [0.15, 0.2) is 35.9 Å². The summed E-state index contributed by atoms with van der Waals surface area (Å²) in [6.45, 7) is 0. The number of aliphatic hydroxyl groups is 1. The number of aliphatic hydroxyl groups excluding tert-OH is 1. The highest BCUT2D eigenvalue weighted by atomic mass is 19.1. The molecule has 0 saturated carbocycles. The van der Waals surface area contributed by atoms with Gasteiger partial charge in [-0.1, -0.05) is 0 Å². The van der Waals surface area contributed by atoms with Gasteiger partial charge < -0.3 is 20.2 Å². The summed E-state index contributed by atoms with van der Waals surface area (Å²) in [4.78, 5) is 23.3. The normalized spacial score (nSPS) is 11.0. The standard InChI is InChI=1S/C18H11FN4O6/c1-22(13-6-11(19)3-2-9(13)7-20)18(27)12(8-21)16(25)10-4-14(23(28)29)17(26)15(24)5-10/h2-6,24-26H,1H3/b16-12-. The second-order valence-corrected chi connectivity index (χ2v) is 5.59. The molecule has 2 aromatic carbocycles. The Kier molecular flexibility index (Phi) is 5.66. The molecule has 0 bridgehead atoms. The molecule has 0 saturated heterocycles. The number of aromatic hydroxyl groups is 2. The lowest BCUT2D eigenvalue weighted by atomic mass is 10.1. The fraction of sp³-hybridized carbons (Fsp3) is 0.0556. The van der Waals surface area contributed by atoms with Gasteiger partial charge in [0.15, 0.2) is 11.3 Å². The minimum Gasteiger partial charge on any atom is -0.506 e. The number of phenolic OH excluding ortho intramolecular Hbond substituents is 2. The monoisotopic (exact) mass is 398 g/mol. The van der Waals surface area contributed by atoms with Crippen LogP contribution in [0.4, 0.5) is 15.8 Å². The number of carbonyl (C=O) groups excluding carboxylic acids is 1. The Bertz CT molecular complexity index is 1150. The van der Waals surface area contributed by atoms with Crippen molar-refractivity contribution in [1.82, 2.24) is 0 Å². The fourth-order valence-electron chi connectivity index (χ4n) is 2.38. The van der Waals surface area contributed by atoms with E-state index in [1.807, 2.05) is 0 Å². The second-order valence-electron chi connectivity index (χ2n) is 5.59. The lowest BCUT2D eigenvalue weighted by Crippen LogP contribution is -2.29. The topological polar surface area (TPSA) is 172 Å². The summed E-state index contributed by atoms with van der Waals surface area (Å²) in [5.74, 6) is -4.97. The van der Waals surface area contributed by atoms with Crippen LogP contribution in [0.3, 0.4) is 0 Å². The third-order valence-corrected chi connectivity index (χ3v) is 3.85. The van der Waals surface area contributed by atoms with Crippen molar-refractivity contribution in [3.8, 4) is 23.6 Å². The molecule has 0 aliphatic rings. The molecule has 0 fully saturated rings. The van der Waals surface area contributed by atoms with Gasteiger partial charge in [0, 0.05) is 18.7 Å². The molecule has 0 aromatic heterocycles. The quantitative estimate of drug-likeness (QED) is 0.176. The van der Waals surface area contributed by atoms with Gasteiger partial charge in [0.1, 0.15) is 23.7 Å². The summed E-state index contributed by atoms with van der Waals surface area (Å²) < 4.78 is 13.5. The first kappa shape index (κ1) is 20.7. The van der Waals surface area contributed by atoms with Crippen molar-refractivity contribution in [2.24, 2.45) is 0 Å². The maximum atomic E-state index is 13.5. The van der Waals surface area contributed by atoms with Crippen LogP contribution in [-0.4, -0.2) is 33.2 Å². The first-order valence-corrected chi connectivity index (χ1v) is 7.64. The summed E-state index contributed by atoms with van der Waals surface area (Å²) in [6, 6.07) is 7.54. The van der Waals surface area contributed by atoms with Crippen molar-refractivity contribution in [3.63, 3.8) is 0 Å². The van der Waals surface area contributed by atoms with Crippen molar-refractivity contribution in [2.45, 2.75) is 0 Å². The molecule has 146 valence electrons. The van der Waals surface area contributed by atoms with E-state index in [9.17, 15) is 39.9 Å². The minimum absolute atomic E-state index is 0.0862. The predicted octanol–water partition coefficient (Wildman–Crippen LogP) is 2.47. The third-order valence-electron chi connectivity index (χ3n) is 3.85. The number of amides is 1. The molecule has 1 amide bonds. The first-order chi connectivity index (χ1) is 13.6. The minimum atomic E-state index is -1.15. The van der Waals surface area contributed by atoms with Crippen molar-refractivity contribution >= 4 is 23.0 Å². The smallest absolute Gasteiger partial charge is 0.315 e. The van der Waals surface area contributed by atoms with E-state index in [0.717, 1.165) is 30.1 Å². The largest absolute Gasteiger partial charge is 0.506 e. The average molecular weight is 398 g/mol. The second kappa shape index (κ2) is 7.94. The van der Waals surface area contributed by atoms with Crippen LogP contribution in [0, 0.1) is 38.6 Å². The number of rotatable bonds is 4. The summed E-state index contributed by atoms with van der Waals surface area (Å²) in [7, 11) is 1.12. The fourth-order valence-corrected chi connectivity index (χ4v) is 2.38. The summed E-state index contributed by atoms with van der Waals surface area (Å²) in [5.41, 5.74) is -2.64. The molecule has 0 spiro atoms. The Hall–Kier alpha value is -4.64.